The Morgan fingerprint density at radius 3 is 2.71 bits per heavy atom. The van der Waals surface area contributed by atoms with Gasteiger partial charge in [0.2, 0.25) is 0 Å². The van der Waals surface area contributed by atoms with Crippen molar-refractivity contribution >= 4 is 27.4 Å². The quantitative estimate of drug-likeness (QED) is 0.857. The third-order valence-corrected chi connectivity index (χ3v) is 5.21. The summed E-state index contributed by atoms with van der Waals surface area (Å²) in [5.41, 5.74) is 1.26. The molecule has 2 aromatic heterocycles. The molecule has 1 aliphatic carbocycles. The number of aromatic nitrogens is 2. The minimum atomic E-state index is 0.189. The lowest BCUT2D eigenvalue weighted by Crippen LogP contribution is -2.29. The fourth-order valence-corrected chi connectivity index (χ4v) is 3.73. The number of aryl methyl sites for hydroxylation is 2. The molecular weight excluding hydrogens is 284 g/mol. The van der Waals surface area contributed by atoms with Crippen molar-refractivity contribution in [2.75, 3.05) is 25.5 Å². The van der Waals surface area contributed by atoms with Crippen molar-refractivity contribution in [3.63, 3.8) is 0 Å². The molecule has 21 heavy (non-hydrogen) atoms. The van der Waals surface area contributed by atoms with Crippen molar-refractivity contribution in [3.8, 4) is 0 Å². The maximum Gasteiger partial charge on any atom is 0.146 e. The van der Waals surface area contributed by atoms with Gasteiger partial charge in [0.1, 0.15) is 16.5 Å². The van der Waals surface area contributed by atoms with Gasteiger partial charge in [-0.05, 0) is 32.3 Å². The number of rotatable bonds is 6. The highest BCUT2D eigenvalue weighted by Gasteiger charge is 2.29. The van der Waals surface area contributed by atoms with Gasteiger partial charge in [-0.2, -0.15) is 0 Å². The van der Waals surface area contributed by atoms with Gasteiger partial charge in [-0.15, -0.1) is 11.3 Å². The Balaban J connectivity index is 1.95. The second-order valence-electron chi connectivity index (χ2n) is 5.63. The molecule has 1 aliphatic rings. The number of anilines is 1. The summed E-state index contributed by atoms with van der Waals surface area (Å²) < 4.78 is 0. The fraction of sp³-hybridized carbons (Fsp3) is 0.600. The van der Waals surface area contributed by atoms with Gasteiger partial charge in [-0.25, -0.2) is 9.97 Å². The lowest BCUT2D eigenvalue weighted by atomic mass is 10.2. The van der Waals surface area contributed by atoms with Crippen LogP contribution in [0, 0.1) is 13.8 Å². The van der Waals surface area contributed by atoms with E-state index in [1.165, 1.54) is 23.3 Å². The predicted octanol–water partition coefficient (Wildman–Crippen LogP) is 2.31. The Kier molecular flexibility index (Phi) is 4.10. The molecule has 2 N–H and O–H groups in total. The van der Waals surface area contributed by atoms with E-state index in [-0.39, 0.29) is 6.61 Å². The van der Waals surface area contributed by atoms with Crippen LogP contribution >= 0.6 is 11.3 Å². The molecule has 1 fully saturated rings. The molecular formula is C15H22N4OS. The minimum Gasteiger partial charge on any atom is -0.395 e. The molecule has 0 amide bonds. The van der Waals surface area contributed by atoms with Crippen molar-refractivity contribution in [1.29, 1.82) is 0 Å². The normalized spacial score (nSPS) is 15.1. The molecule has 0 aromatic carbocycles. The van der Waals surface area contributed by atoms with Crippen molar-refractivity contribution in [2.45, 2.75) is 39.3 Å². The Morgan fingerprint density at radius 2 is 2.10 bits per heavy atom. The molecule has 2 heterocycles. The van der Waals surface area contributed by atoms with E-state index in [0.717, 1.165) is 21.9 Å². The van der Waals surface area contributed by atoms with Crippen LogP contribution in [-0.4, -0.2) is 46.2 Å². The summed E-state index contributed by atoms with van der Waals surface area (Å²) in [4.78, 5) is 14.1. The largest absolute Gasteiger partial charge is 0.395 e. The van der Waals surface area contributed by atoms with Crippen molar-refractivity contribution in [1.82, 2.24) is 14.9 Å². The highest BCUT2D eigenvalue weighted by atomic mass is 32.1. The zero-order valence-electron chi connectivity index (χ0n) is 12.8. The van der Waals surface area contributed by atoms with Crippen LogP contribution in [-0.2, 0) is 6.54 Å². The molecule has 3 rings (SSSR count). The Hall–Kier alpha value is -1.24. The van der Waals surface area contributed by atoms with E-state index < -0.39 is 0 Å². The zero-order valence-corrected chi connectivity index (χ0v) is 13.6. The molecule has 114 valence electrons. The second-order valence-corrected chi connectivity index (χ2v) is 6.83. The number of hydrogen-bond acceptors (Lipinski definition) is 6. The van der Waals surface area contributed by atoms with Crippen molar-refractivity contribution in [2.24, 2.45) is 0 Å². The number of aliphatic hydroxyl groups is 1. The average molecular weight is 306 g/mol. The van der Waals surface area contributed by atoms with E-state index >= 15 is 0 Å². The molecule has 0 radical (unpaired) electrons. The van der Waals surface area contributed by atoms with Gasteiger partial charge in [-0.1, -0.05) is 0 Å². The monoisotopic (exact) mass is 306 g/mol. The van der Waals surface area contributed by atoms with Gasteiger partial charge >= 0.3 is 0 Å². The van der Waals surface area contributed by atoms with Crippen LogP contribution in [0.2, 0.25) is 0 Å². The SMILES string of the molecule is CNc1nc(CN(CCO)C2CC2)nc2sc(C)c(C)c12. The molecule has 2 aromatic rings. The van der Waals surface area contributed by atoms with Crippen LogP contribution in [0.25, 0.3) is 10.2 Å². The van der Waals surface area contributed by atoms with Gasteiger partial charge in [-0.3, -0.25) is 4.90 Å². The zero-order chi connectivity index (χ0) is 15.0. The van der Waals surface area contributed by atoms with Gasteiger partial charge in [0, 0.05) is 24.5 Å². The maximum absolute atomic E-state index is 9.21. The first kappa shape index (κ1) is 14.7. The first-order valence-corrected chi connectivity index (χ1v) is 8.25. The molecule has 0 unspecified atom stereocenters. The Bertz CT molecular complexity index is 651. The van der Waals surface area contributed by atoms with Crippen molar-refractivity contribution in [3.05, 3.63) is 16.3 Å². The molecule has 0 saturated heterocycles. The van der Waals surface area contributed by atoms with Crippen LogP contribution in [0.4, 0.5) is 5.82 Å². The van der Waals surface area contributed by atoms with E-state index in [2.05, 4.69) is 29.0 Å². The standard InChI is InChI=1S/C15H22N4OS/c1-9-10(2)21-15-13(9)14(16-3)17-12(18-15)8-19(6-7-20)11-4-5-11/h11,20H,4-8H2,1-3H3,(H,16,17,18). The third-order valence-electron chi connectivity index (χ3n) is 4.11. The lowest BCUT2D eigenvalue weighted by molar-refractivity contribution is 0.180. The number of nitrogens with one attached hydrogen (secondary N) is 1. The summed E-state index contributed by atoms with van der Waals surface area (Å²) in [5.74, 6) is 1.75. The number of thiophene rings is 1. The summed E-state index contributed by atoms with van der Waals surface area (Å²) in [5, 5.41) is 13.6. The van der Waals surface area contributed by atoms with Crippen molar-refractivity contribution < 1.29 is 5.11 Å². The van der Waals surface area contributed by atoms with E-state index in [1.807, 2.05) is 7.05 Å². The predicted molar refractivity (Wildman–Crippen MR) is 87.0 cm³/mol. The van der Waals surface area contributed by atoms with E-state index in [4.69, 9.17) is 4.98 Å². The average Bonchev–Trinajstić information content (AvgIpc) is 3.26. The summed E-state index contributed by atoms with van der Waals surface area (Å²) >= 11 is 1.73. The molecule has 0 aliphatic heterocycles. The fourth-order valence-electron chi connectivity index (χ4n) is 2.69. The van der Waals surface area contributed by atoms with Crippen LogP contribution in [0.1, 0.15) is 29.1 Å². The van der Waals surface area contributed by atoms with Gasteiger partial charge in [0.25, 0.3) is 0 Å². The Morgan fingerprint density at radius 1 is 1.33 bits per heavy atom. The summed E-state index contributed by atoms with van der Waals surface area (Å²) in [6, 6.07) is 0.598. The third kappa shape index (κ3) is 2.88. The topological polar surface area (TPSA) is 61.3 Å². The summed E-state index contributed by atoms with van der Waals surface area (Å²) in [7, 11) is 1.91. The second kappa shape index (κ2) is 5.87. The molecule has 0 spiro atoms. The molecule has 6 heteroatoms. The number of nitrogens with zero attached hydrogens (tertiary/aromatic N) is 3. The first-order chi connectivity index (χ1) is 10.1. The Labute approximate surface area is 129 Å². The summed E-state index contributed by atoms with van der Waals surface area (Å²) in [6.45, 7) is 5.85. The van der Waals surface area contributed by atoms with Crippen LogP contribution < -0.4 is 5.32 Å². The molecule has 0 bridgehead atoms. The van der Waals surface area contributed by atoms with Gasteiger partial charge in [0.05, 0.1) is 18.5 Å². The van der Waals surface area contributed by atoms with E-state index in [0.29, 0.717) is 19.1 Å². The highest BCUT2D eigenvalue weighted by molar-refractivity contribution is 7.18. The smallest absolute Gasteiger partial charge is 0.146 e. The number of fused-ring (bicyclic) bond motifs is 1. The van der Waals surface area contributed by atoms with Crippen LogP contribution in [0.3, 0.4) is 0 Å². The van der Waals surface area contributed by atoms with E-state index in [9.17, 15) is 5.11 Å². The van der Waals surface area contributed by atoms with Gasteiger partial charge < -0.3 is 10.4 Å². The first-order valence-electron chi connectivity index (χ1n) is 7.43. The number of hydrogen-bond donors (Lipinski definition) is 2. The highest BCUT2D eigenvalue weighted by Crippen LogP contribution is 2.34. The lowest BCUT2D eigenvalue weighted by Gasteiger charge is -2.20. The summed E-state index contributed by atoms with van der Waals surface area (Å²) in [6.07, 6.45) is 2.44. The van der Waals surface area contributed by atoms with E-state index in [1.54, 1.807) is 11.3 Å². The number of aliphatic hydroxyl groups excluding tert-OH is 1. The maximum atomic E-state index is 9.21. The molecule has 5 nitrogen and oxygen atoms in total. The minimum absolute atomic E-state index is 0.189. The molecule has 1 saturated carbocycles. The van der Waals surface area contributed by atoms with Crippen LogP contribution in [0.15, 0.2) is 0 Å². The van der Waals surface area contributed by atoms with Crippen LogP contribution in [0.5, 0.6) is 0 Å². The molecule has 0 atom stereocenters. The van der Waals surface area contributed by atoms with Gasteiger partial charge in [0.15, 0.2) is 0 Å².